The maximum Gasteiger partial charge on any atom is 0.416 e. The third kappa shape index (κ3) is 3.82. The Morgan fingerprint density at radius 1 is 1.35 bits per heavy atom. The van der Waals surface area contributed by atoms with Gasteiger partial charge in [0, 0.05) is 0 Å². The van der Waals surface area contributed by atoms with Gasteiger partial charge in [-0.25, -0.2) is 4.79 Å². The first-order valence-electron chi connectivity index (χ1n) is 5.71. The number of rotatable bonds is 4. The van der Waals surface area contributed by atoms with Crippen molar-refractivity contribution in [1.82, 2.24) is 0 Å². The van der Waals surface area contributed by atoms with E-state index in [1.165, 1.54) is 13.0 Å². The zero-order valence-corrected chi connectivity index (χ0v) is 12.3. The van der Waals surface area contributed by atoms with Gasteiger partial charge < -0.3 is 4.74 Å². The van der Waals surface area contributed by atoms with Gasteiger partial charge in [0.2, 0.25) is 0 Å². The average molecular weight is 353 g/mol. The number of ketones is 1. The third-order valence-electron chi connectivity index (χ3n) is 2.50. The smallest absolute Gasteiger partial charge is 0.416 e. The van der Waals surface area contributed by atoms with E-state index in [0.29, 0.717) is 6.07 Å². The fraction of sp³-hybridized carbons (Fsp3) is 0.385. The summed E-state index contributed by atoms with van der Waals surface area (Å²) in [6.45, 7) is 2.80. The first kappa shape index (κ1) is 16.7. The minimum atomic E-state index is -4.67. The molecule has 0 bridgehead atoms. The van der Waals surface area contributed by atoms with Crippen molar-refractivity contribution in [3.8, 4) is 0 Å². The summed E-state index contributed by atoms with van der Waals surface area (Å²) in [7, 11) is 0. The maximum atomic E-state index is 13.0. The van der Waals surface area contributed by atoms with Crippen molar-refractivity contribution in [2.75, 3.05) is 6.61 Å². The number of carbonyl (C=O) groups excluding carboxylic acids is 2. The number of hydrogen-bond acceptors (Lipinski definition) is 3. The van der Waals surface area contributed by atoms with E-state index < -0.39 is 28.3 Å². The lowest BCUT2D eigenvalue weighted by Crippen LogP contribution is -2.15. The van der Waals surface area contributed by atoms with Gasteiger partial charge in [-0.15, -0.1) is 0 Å². The molecule has 0 spiro atoms. The summed E-state index contributed by atoms with van der Waals surface area (Å²) in [5.74, 6) is -1.29. The molecular weight excluding hydrogens is 341 g/mol. The normalized spacial score (nSPS) is 12.9. The molecule has 1 aromatic carbocycles. The molecule has 0 heterocycles. The highest BCUT2D eigenvalue weighted by Gasteiger charge is 2.36. The van der Waals surface area contributed by atoms with Gasteiger partial charge in [-0.1, -0.05) is 22.0 Å². The average Bonchev–Trinajstić information content (AvgIpc) is 2.36. The van der Waals surface area contributed by atoms with Crippen LogP contribution in [-0.2, 0) is 15.7 Å². The molecule has 1 aromatic rings. The number of hydrogen-bond donors (Lipinski definition) is 0. The van der Waals surface area contributed by atoms with Gasteiger partial charge in [0.25, 0.3) is 0 Å². The first-order valence-corrected chi connectivity index (χ1v) is 6.62. The Kier molecular flexibility index (Phi) is 5.33. The summed E-state index contributed by atoms with van der Waals surface area (Å²) in [6.07, 6.45) is -4.67. The SMILES string of the molecule is CCOC(=O)c1ccc(C(Br)C(C)=O)c(C(F)(F)F)c1. The molecule has 1 atom stereocenters. The Morgan fingerprint density at radius 3 is 2.40 bits per heavy atom. The Hall–Kier alpha value is -1.37. The van der Waals surface area contributed by atoms with E-state index >= 15 is 0 Å². The van der Waals surface area contributed by atoms with Crippen LogP contribution in [0.2, 0.25) is 0 Å². The Bertz CT molecular complexity index is 526. The van der Waals surface area contributed by atoms with Gasteiger partial charge in [-0.05, 0) is 31.5 Å². The van der Waals surface area contributed by atoms with Crippen LogP contribution in [0.3, 0.4) is 0 Å². The van der Waals surface area contributed by atoms with E-state index in [1.54, 1.807) is 6.92 Å². The molecule has 0 saturated heterocycles. The number of esters is 1. The van der Waals surface area contributed by atoms with Crippen molar-refractivity contribution in [2.24, 2.45) is 0 Å². The molecule has 1 rings (SSSR count). The summed E-state index contributed by atoms with van der Waals surface area (Å²) < 4.78 is 43.7. The molecule has 0 N–H and O–H groups in total. The largest absolute Gasteiger partial charge is 0.462 e. The van der Waals surface area contributed by atoms with E-state index in [2.05, 4.69) is 20.7 Å². The van der Waals surface area contributed by atoms with Crippen LogP contribution in [0, 0.1) is 0 Å². The van der Waals surface area contributed by atoms with Gasteiger partial charge in [-0.3, -0.25) is 4.79 Å². The number of Topliss-reactive ketones (excluding diaryl/α,β-unsaturated/α-hetero) is 1. The maximum absolute atomic E-state index is 13.0. The van der Waals surface area contributed by atoms with Crippen LogP contribution in [0.5, 0.6) is 0 Å². The molecule has 20 heavy (non-hydrogen) atoms. The van der Waals surface area contributed by atoms with Crippen molar-refractivity contribution in [2.45, 2.75) is 24.9 Å². The van der Waals surface area contributed by atoms with E-state index in [0.717, 1.165) is 6.07 Å². The molecule has 0 saturated carbocycles. The summed E-state index contributed by atoms with van der Waals surface area (Å²) in [5.41, 5.74) is -1.45. The number of benzene rings is 1. The molecule has 7 heteroatoms. The van der Waals surface area contributed by atoms with Gasteiger partial charge in [0.1, 0.15) is 5.78 Å². The van der Waals surface area contributed by atoms with Crippen molar-refractivity contribution < 1.29 is 27.5 Å². The molecule has 110 valence electrons. The zero-order valence-electron chi connectivity index (χ0n) is 10.8. The van der Waals surface area contributed by atoms with Crippen LogP contribution < -0.4 is 0 Å². The lowest BCUT2D eigenvalue weighted by molar-refractivity contribution is -0.138. The van der Waals surface area contributed by atoms with Crippen LogP contribution >= 0.6 is 15.9 Å². The van der Waals surface area contributed by atoms with Gasteiger partial charge in [-0.2, -0.15) is 13.2 Å². The summed E-state index contributed by atoms with van der Waals surface area (Å²) in [5, 5.41) is 0. The number of ether oxygens (including phenoxy) is 1. The van der Waals surface area contributed by atoms with Crippen LogP contribution in [0.1, 0.15) is 40.2 Å². The Balaban J connectivity index is 3.35. The van der Waals surface area contributed by atoms with E-state index in [9.17, 15) is 22.8 Å². The fourth-order valence-corrected chi connectivity index (χ4v) is 1.98. The molecule has 1 unspecified atom stereocenters. The number of halogens is 4. The standard InChI is InChI=1S/C13H12BrF3O3/c1-3-20-12(19)8-4-5-9(11(14)7(2)18)10(6-8)13(15,16)17/h4-6,11H,3H2,1-2H3. The number of alkyl halides is 4. The Morgan fingerprint density at radius 2 is 1.95 bits per heavy atom. The second-order valence-electron chi connectivity index (χ2n) is 3.99. The second-order valence-corrected chi connectivity index (χ2v) is 4.91. The van der Waals surface area contributed by atoms with Crippen LogP contribution in [0.4, 0.5) is 13.2 Å². The molecule has 0 aliphatic carbocycles. The third-order valence-corrected chi connectivity index (χ3v) is 3.64. The molecule has 0 radical (unpaired) electrons. The van der Waals surface area contributed by atoms with Crippen molar-refractivity contribution in [3.63, 3.8) is 0 Å². The topological polar surface area (TPSA) is 43.4 Å². The van der Waals surface area contributed by atoms with Crippen LogP contribution in [-0.4, -0.2) is 18.4 Å². The van der Waals surface area contributed by atoms with Crippen LogP contribution in [0.25, 0.3) is 0 Å². The monoisotopic (exact) mass is 352 g/mol. The van der Waals surface area contributed by atoms with Crippen molar-refractivity contribution >= 4 is 27.7 Å². The second kappa shape index (κ2) is 6.39. The van der Waals surface area contributed by atoms with E-state index in [4.69, 9.17) is 0 Å². The summed E-state index contributed by atoms with van der Waals surface area (Å²) in [6, 6.07) is 3.01. The number of carbonyl (C=O) groups is 2. The molecule has 0 aliphatic heterocycles. The predicted molar refractivity (Wildman–Crippen MR) is 69.7 cm³/mol. The van der Waals surface area contributed by atoms with E-state index in [-0.39, 0.29) is 17.7 Å². The fourth-order valence-electron chi connectivity index (χ4n) is 1.58. The van der Waals surface area contributed by atoms with Crippen LogP contribution in [0.15, 0.2) is 18.2 Å². The minimum absolute atomic E-state index is 0.0659. The highest BCUT2D eigenvalue weighted by atomic mass is 79.9. The van der Waals surface area contributed by atoms with Gasteiger partial charge >= 0.3 is 12.1 Å². The molecule has 0 fully saturated rings. The van der Waals surface area contributed by atoms with Crippen molar-refractivity contribution in [3.05, 3.63) is 34.9 Å². The van der Waals surface area contributed by atoms with Gasteiger partial charge in [0.15, 0.2) is 0 Å². The molecular formula is C13H12BrF3O3. The lowest BCUT2D eigenvalue weighted by atomic mass is 9.99. The van der Waals surface area contributed by atoms with Gasteiger partial charge in [0.05, 0.1) is 22.6 Å². The summed E-state index contributed by atoms with van der Waals surface area (Å²) >= 11 is 2.92. The summed E-state index contributed by atoms with van der Waals surface area (Å²) in [4.78, 5) is 21.6. The predicted octanol–water partition coefficient (Wildman–Crippen LogP) is 3.91. The first-order chi connectivity index (χ1) is 9.18. The molecule has 0 aliphatic rings. The van der Waals surface area contributed by atoms with E-state index in [1.807, 2.05) is 0 Å². The minimum Gasteiger partial charge on any atom is -0.462 e. The lowest BCUT2D eigenvalue weighted by Gasteiger charge is -2.16. The Labute approximate surface area is 122 Å². The highest BCUT2D eigenvalue weighted by molar-refractivity contribution is 9.09. The highest BCUT2D eigenvalue weighted by Crippen LogP contribution is 2.38. The quantitative estimate of drug-likeness (QED) is 0.609. The molecule has 0 amide bonds. The van der Waals surface area contributed by atoms with Crippen molar-refractivity contribution in [1.29, 1.82) is 0 Å². The zero-order chi connectivity index (χ0) is 15.5. The molecule has 0 aromatic heterocycles. The molecule has 3 nitrogen and oxygen atoms in total.